The van der Waals surface area contributed by atoms with E-state index in [1.54, 1.807) is 7.11 Å². The van der Waals surface area contributed by atoms with E-state index >= 15 is 0 Å². The number of oxime groups is 1. The third-order valence-corrected chi connectivity index (χ3v) is 4.13. The van der Waals surface area contributed by atoms with Crippen LogP contribution in [-0.4, -0.2) is 24.2 Å². The van der Waals surface area contributed by atoms with Crippen LogP contribution in [0.4, 0.5) is 0 Å². The van der Waals surface area contributed by atoms with Crippen LogP contribution in [0.5, 0.6) is 5.75 Å². The quantitative estimate of drug-likeness (QED) is 0.322. The standard InChI is InChI=1S/C15H23N3O2/c1-10(12-4-3-5-12)17-9-11-6-7-13(15(16)18-19)14(8-11)20-2/h6-8,10,12,17,19H,3-5,9H2,1-2H3,(H2,16,18). The summed E-state index contributed by atoms with van der Waals surface area (Å²) in [4.78, 5) is 0. The fourth-order valence-electron chi connectivity index (χ4n) is 2.50. The predicted octanol–water partition coefficient (Wildman–Crippen LogP) is 2.07. The van der Waals surface area contributed by atoms with Crippen LogP contribution in [0.15, 0.2) is 23.4 Å². The number of nitrogens with zero attached hydrogens (tertiary/aromatic N) is 1. The van der Waals surface area contributed by atoms with E-state index in [9.17, 15) is 0 Å². The molecule has 4 N–H and O–H groups in total. The number of nitrogens with two attached hydrogens (primary N) is 1. The van der Waals surface area contributed by atoms with Crippen LogP contribution >= 0.6 is 0 Å². The Morgan fingerprint density at radius 2 is 2.30 bits per heavy atom. The summed E-state index contributed by atoms with van der Waals surface area (Å²) in [6, 6.07) is 6.25. The number of methoxy groups -OCH3 is 1. The second-order valence-corrected chi connectivity index (χ2v) is 5.38. The van der Waals surface area contributed by atoms with Crippen LogP contribution in [0, 0.1) is 5.92 Å². The Morgan fingerprint density at radius 3 is 2.85 bits per heavy atom. The lowest BCUT2D eigenvalue weighted by Gasteiger charge is -2.32. The van der Waals surface area contributed by atoms with Crippen LogP contribution in [0.2, 0.25) is 0 Å². The van der Waals surface area contributed by atoms with Gasteiger partial charge in [-0.25, -0.2) is 0 Å². The zero-order valence-corrected chi connectivity index (χ0v) is 12.1. The van der Waals surface area contributed by atoms with Gasteiger partial charge in [0.25, 0.3) is 0 Å². The third kappa shape index (κ3) is 3.22. The van der Waals surface area contributed by atoms with Crippen LogP contribution in [-0.2, 0) is 6.54 Å². The molecule has 1 unspecified atom stereocenters. The summed E-state index contributed by atoms with van der Waals surface area (Å²) in [5, 5.41) is 15.3. The first-order chi connectivity index (χ1) is 9.65. The Labute approximate surface area is 119 Å². The Hall–Kier alpha value is -1.75. The maximum absolute atomic E-state index is 8.74. The average Bonchev–Trinajstić information content (AvgIpc) is 2.42. The lowest BCUT2D eigenvalue weighted by Crippen LogP contribution is -2.36. The largest absolute Gasteiger partial charge is 0.496 e. The average molecular weight is 277 g/mol. The highest BCUT2D eigenvalue weighted by Crippen LogP contribution is 2.29. The van der Waals surface area contributed by atoms with Gasteiger partial charge in [-0.1, -0.05) is 17.6 Å². The van der Waals surface area contributed by atoms with Gasteiger partial charge in [-0.3, -0.25) is 0 Å². The number of benzene rings is 1. The molecule has 0 aliphatic heterocycles. The molecule has 1 atom stereocenters. The number of hydrogen-bond acceptors (Lipinski definition) is 4. The van der Waals surface area contributed by atoms with Gasteiger partial charge in [0, 0.05) is 12.6 Å². The van der Waals surface area contributed by atoms with E-state index in [0.29, 0.717) is 17.4 Å². The molecule has 0 spiro atoms. The minimum atomic E-state index is 0.0594. The molecule has 1 aromatic carbocycles. The summed E-state index contributed by atoms with van der Waals surface area (Å²) in [5.41, 5.74) is 7.34. The smallest absolute Gasteiger partial charge is 0.173 e. The molecule has 1 saturated carbocycles. The van der Waals surface area contributed by atoms with Crippen LogP contribution < -0.4 is 15.8 Å². The lowest BCUT2D eigenvalue weighted by molar-refractivity contribution is 0.240. The minimum Gasteiger partial charge on any atom is -0.496 e. The molecular formula is C15H23N3O2. The minimum absolute atomic E-state index is 0.0594. The highest BCUT2D eigenvalue weighted by Gasteiger charge is 2.23. The molecule has 1 aliphatic rings. The molecule has 1 aromatic rings. The van der Waals surface area contributed by atoms with Crippen LogP contribution in [0.3, 0.4) is 0 Å². The zero-order chi connectivity index (χ0) is 14.5. The van der Waals surface area contributed by atoms with E-state index in [4.69, 9.17) is 15.7 Å². The molecule has 0 heterocycles. The molecule has 0 aromatic heterocycles. The van der Waals surface area contributed by atoms with Gasteiger partial charge < -0.3 is 21.0 Å². The number of rotatable bonds is 6. The van der Waals surface area contributed by atoms with E-state index in [2.05, 4.69) is 17.4 Å². The van der Waals surface area contributed by atoms with Crippen molar-refractivity contribution in [2.45, 2.75) is 38.8 Å². The molecule has 5 heteroatoms. The van der Waals surface area contributed by atoms with Gasteiger partial charge in [-0.2, -0.15) is 0 Å². The van der Waals surface area contributed by atoms with Crippen molar-refractivity contribution >= 4 is 5.84 Å². The van der Waals surface area contributed by atoms with Crippen LogP contribution in [0.25, 0.3) is 0 Å². The SMILES string of the molecule is COc1cc(CNC(C)C2CCC2)ccc1/C(N)=N/O. The monoisotopic (exact) mass is 277 g/mol. The lowest BCUT2D eigenvalue weighted by atomic mass is 9.80. The molecular weight excluding hydrogens is 254 g/mol. The normalized spacial score (nSPS) is 17.6. The van der Waals surface area contributed by atoms with E-state index in [-0.39, 0.29) is 5.84 Å². The summed E-state index contributed by atoms with van der Waals surface area (Å²) >= 11 is 0. The number of hydrogen-bond donors (Lipinski definition) is 3. The topological polar surface area (TPSA) is 79.9 Å². The van der Waals surface area contributed by atoms with E-state index in [1.165, 1.54) is 19.3 Å². The second kappa shape index (κ2) is 6.61. The second-order valence-electron chi connectivity index (χ2n) is 5.38. The maximum atomic E-state index is 8.74. The van der Waals surface area contributed by atoms with Crippen molar-refractivity contribution in [3.05, 3.63) is 29.3 Å². The molecule has 0 bridgehead atoms. The Kier molecular flexibility index (Phi) is 4.84. The number of amidine groups is 1. The molecule has 0 saturated heterocycles. The Balaban J connectivity index is 2.01. The van der Waals surface area contributed by atoms with E-state index in [0.717, 1.165) is 18.0 Å². The van der Waals surface area contributed by atoms with Crippen molar-refractivity contribution in [1.29, 1.82) is 0 Å². The van der Waals surface area contributed by atoms with Crippen molar-refractivity contribution in [3.8, 4) is 5.75 Å². The molecule has 110 valence electrons. The summed E-state index contributed by atoms with van der Waals surface area (Å²) in [7, 11) is 1.58. The summed E-state index contributed by atoms with van der Waals surface area (Å²) in [6.07, 6.45) is 4.03. The molecule has 2 rings (SSSR count). The number of ether oxygens (including phenoxy) is 1. The zero-order valence-electron chi connectivity index (χ0n) is 12.1. The predicted molar refractivity (Wildman–Crippen MR) is 79.1 cm³/mol. The third-order valence-electron chi connectivity index (χ3n) is 4.13. The number of nitrogens with one attached hydrogen (secondary N) is 1. The van der Waals surface area contributed by atoms with Gasteiger partial charge in [0.15, 0.2) is 5.84 Å². The first kappa shape index (κ1) is 14.7. The van der Waals surface area contributed by atoms with Gasteiger partial charge >= 0.3 is 0 Å². The first-order valence-electron chi connectivity index (χ1n) is 7.04. The Bertz CT molecular complexity index is 484. The van der Waals surface area contributed by atoms with Crippen molar-refractivity contribution in [3.63, 3.8) is 0 Å². The van der Waals surface area contributed by atoms with E-state index in [1.807, 2.05) is 18.2 Å². The van der Waals surface area contributed by atoms with Crippen LogP contribution in [0.1, 0.15) is 37.3 Å². The van der Waals surface area contributed by atoms with Crippen molar-refractivity contribution in [2.75, 3.05) is 7.11 Å². The highest BCUT2D eigenvalue weighted by molar-refractivity contribution is 5.99. The fraction of sp³-hybridized carbons (Fsp3) is 0.533. The summed E-state index contributed by atoms with van der Waals surface area (Å²) < 4.78 is 5.30. The first-order valence-corrected chi connectivity index (χ1v) is 7.04. The molecule has 1 fully saturated rings. The highest BCUT2D eigenvalue weighted by atomic mass is 16.5. The summed E-state index contributed by atoms with van der Waals surface area (Å²) in [6.45, 7) is 3.04. The molecule has 0 amide bonds. The van der Waals surface area contributed by atoms with Gasteiger partial charge in [0.2, 0.25) is 0 Å². The molecule has 0 radical (unpaired) electrons. The molecule has 1 aliphatic carbocycles. The van der Waals surface area contributed by atoms with Gasteiger partial charge in [0.1, 0.15) is 5.75 Å². The Morgan fingerprint density at radius 1 is 1.55 bits per heavy atom. The van der Waals surface area contributed by atoms with E-state index < -0.39 is 0 Å². The van der Waals surface area contributed by atoms with Crippen molar-refractivity contribution in [2.24, 2.45) is 16.8 Å². The molecule has 5 nitrogen and oxygen atoms in total. The van der Waals surface area contributed by atoms with Crippen molar-refractivity contribution in [1.82, 2.24) is 5.32 Å². The van der Waals surface area contributed by atoms with Gasteiger partial charge in [0.05, 0.1) is 12.7 Å². The maximum Gasteiger partial charge on any atom is 0.173 e. The summed E-state index contributed by atoms with van der Waals surface area (Å²) in [5.74, 6) is 1.49. The fourth-order valence-corrected chi connectivity index (χ4v) is 2.50. The van der Waals surface area contributed by atoms with Gasteiger partial charge in [-0.05, 0) is 43.4 Å². The molecule has 20 heavy (non-hydrogen) atoms. The van der Waals surface area contributed by atoms with Gasteiger partial charge in [-0.15, -0.1) is 0 Å². The van der Waals surface area contributed by atoms with Crippen molar-refractivity contribution < 1.29 is 9.94 Å².